The number of carboxylic acid groups (broad SMARTS) is 1. The molecule has 7 heteroatoms. The molecule has 1 N–H and O–H groups in total. The molecule has 0 radical (unpaired) electrons. The van der Waals surface area contributed by atoms with Crippen molar-refractivity contribution in [1.29, 1.82) is 0 Å². The lowest BCUT2D eigenvalue weighted by atomic mass is 10.2. The SMILES string of the molecule is CS(=O)(=O)c1cccc(Oc2ccc(Br)cc2C(=O)O)c1. The van der Waals surface area contributed by atoms with E-state index in [0.29, 0.717) is 4.47 Å². The first-order chi connectivity index (χ1) is 9.77. The van der Waals surface area contributed by atoms with Gasteiger partial charge >= 0.3 is 5.97 Å². The molecule has 0 saturated carbocycles. The van der Waals surface area contributed by atoms with Gasteiger partial charge in [-0.2, -0.15) is 0 Å². The summed E-state index contributed by atoms with van der Waals surface area (Å²) in [7, 11) is -3.35. The predicted octanol–water partition coefficient (Wildman–Crippen LogP) is 3.34. The number of rotatable bonds is 4. The van der Waals surface area contributed by atoms with Crippen molar-refractivity contribution in [3.8, 4) is 11.5 Å². The standard InChI is InChI=1S/C14H11BrO5S/c1-21(18,19)11-4-2-3-10(8-11)20-13-6-5-9(15)7-12(13)14(16)17/h2-8H,1H3,(H,16,17). The molecule has 0 fully saturated rings. The molecule has 0 bridgehead atoms. The maximum atomic E-state index is 11.5. The van der Waals surface area contributed by atoms with Gasteiger partial charge in [0.15, 0.2) is 9.84 Å². The Kier molecular flexibility index (Phi) is 4.34. The Bertz CT molecular complexity index is 799. The predicted molar refractivity (Wildman–Crippen MR) is 80.7 cm³/mol. The number of carbonyl (C=O) groups is 1. The minimum atomic E-state index is -3.35. The van der Waals surface area contributed by atoms with Gasteiger partial charge in [-0.25, -0.2) is 13.2 Å². The van der Waals surface area contributed by atoms with Crippen LogP contribution in [0.3, 0.4) is 0 Å². The van der Waals surface area contributed by atoms with Gasteiger partial charge in [-0.1, -0.05) is 22.0 Å². The molecule has 2 aromatic carbocycles. The fourth-order valence-corrected chi connectivity index (χ4v) is 2.67. The summed E-state index contributed by atoms with van der Waals surface area (Å²) >= 11 is 3.19. The fourth-order valence-electron chi connectivity index (χ4n) is 1.65. The Morgan fingerprint density at radius 2 is 1.90 bits per heavy atom. The van der Waals surface area contributed by atoms with E-state index >= 15 is 0 Å². The summed E-state index contributed by atoms with van der Waals surface area (Å²) in [5, 5.41) is 9.16. The third-order valence-corrected chi connectivity index (χ3v) is 4.24. The van der Waals surface area contributed by atoms with E-state index in [1.807, 2.05) is 0 Å². The lowest BCUT2D eigenvalue weighted by molar-refractivity contribution is 0.0694. The molecule has 2 aromatic rings. The molecule has 0 aromatic heterocycles. The molecule has 0 atom stereocenters. The van der Waals surface area contributed by atoms with E-state index in [-0.39, 0.29) is 22.0 Å². The maximum Gasteiger partial charge on any atom is 0.339 e. The maximum absolute atomic E-state index is 11.5. The molecule has 0 unspecified atom stereocenters. The zero-order valence-electron chi connectivity index (χ0n) is 10.9. The van der Waals surface area contributed by atoms with Gasteiger partial charge in [0.2, 0.25) is 0 Å². The van der Waals surface area contributed by atoms with Crippen LogP contribution in [-0.4, -0.2) is 25.7 Å². The van der Waals surface area contributed by atoms with Gasteiger partial charge in [-0.05, 0) is 36.4 Å². The molecular formula is C14H11BrO5S. The van der Waals surface area contributed by atoms with Crippen molar-refractivity contribution in [2.45, 2.75) is 4.90 Å². The first-order valence-electron chi connectivity index (χ1n) is 5.78. The first kappa shape index (κ1) is 15.5. The number of halogens is 1. The largest absolute Gasteiger partial charge is 0.478 e. The lowest BCUT2D eigenvalue weighted by Gasteiger charge is -2.10. The minimum Gasteiger partial charge on any atom is -0.478 e. The van der Waals surface area contributed by atoms with E-state index in [0.717, 1.165) is 6.26 Å². The van der Waals surface area contributed by atoms with Gasteiger partial charge < -0.3 is 9.84 Å². The first-order valence-corrected chi connectivity index (χ1v) is 8.46. The summed E-state index contributed by atoms with van der Waals surface area (Å²) in [5.74, 6) is -0.746. The van der Waals surface area contributed by atoms with Crippen LogP contribution in [0.4, 0.5) is 0 Å². The Labute approximate surface area is 130 Å². The molecule has 0 saturated heterocycles. The van der Waals surface area contributed by atoms with E-state index in [1.54, 1.807) is 12.1 Å². The zero-order chi connectivity index (χ0) is 15.6. The molecule has 0 heterocycles. The van der Waals surface area contributed by atoms with Gasteiger partial charge in [-0.15, -0.1) is 0 Å². The van der Waals surface area contributed by atoms with Crippen molar-refractivity contribution >= 4 is 31.7 Å². The van der Waals surface area contributed by atoms with E-state index in [4.69, 9.17) is 9.84 Å². The van der Waals surface area contributed by atoms with Crippen LogP contribution >= 0.6 is 15.9 Å². The second kappa shape index (κ2) is 5.87. The molecular weight excluding hydrogens is 360 g/mol. The van der Waals surface area contributed by atoms with Crippen LogP contribution in [0.1, 0.15) is 10.4 Å². The zero-order valence-corrected chi connectivity index (χ0v) is 13.3. The number of ether oxygens (including phenoxy) is 1. The molecule has 0 aliphatic heterocycles. The second-order valence-corrected chi connectivity index (χ2v) is 7.23. The highest BCUT2D eigenvalue weighted by Crippen LogP contribution is 2.29. The second-order valence-electron chi connectivity index (χ2n) is 4.29. The van der Waals surface area contributed by atoms with Crippen molar-refractivity contribution in [2.24, 2.45) is 0 Å². The summed E-state index contributed by atoms with van der Waals surface area (Å²) in [6.45, 7) is 0. The monoisotopic (exact) mass is 370 g/mol. The summed E-state index contributed by atoms with van der Waals surface area (Å²) in [4.78, 5) is 11.3. The van der Waals surface area contributed by atoms with Crippen molar-refractivity contribution in [3.05, 3.63) is 52.5 Å². The summed E-state index contributed by atoms with van der Waals surface area (Å²) in [6.07, 6.45) is 1.09. The molecule has 0 aliphatic carbocycles. The molecule has 0 aliphatic rings. The van der Waals surface area contributed by atoms with Crippen LogP contribution in [0.15, 0.2) is 51.8 Å². The summed E-state index contributed by atoms with van der Waals surface area (Å²) in [5.41, 5.74) is -0.0193. The van der Waals surface area contributed by atoms with Crippen LogP contribution in [0.5, 0.6) is 11.5 Å². The number of aromatic carboxylic acids is 1. The fraction of sp³-hybridized carbons (Fsp3) is 0.0714. The van der Waals surface area contributed by atoms with Crippen LogP contribution in [-0.2, 0) is 9.84 Å². The topological polar surface area (TPSA) is 80.7 Å². The number of hydrogen-bond donors (Lipinski definition) is 1. The van der Waals surface area contributed by atoms with Crippen molar-refractivity contribution < 1.29 is 23.1 Å². The van der Waals surface area contributed by atoms with Crippen LogP contribution in [0.2, 0.25) is 0 Å². The third kappa shape index (κ3) is 3.83. The summed E-state index contributed by atoms with van der Waals surface area (Å²) in [6, 6.07) is 10.4. The van der Waals surface area contributed by atoms with Crippen LogP contribution in [0.25, 0.3) is 0 Å². The van der Waals surface area contributed by atoms with E-state index in [2.05, 4.69) is 15.9 Å². The van der Waals surface area contributed by atoms with Gasteiger partial charge in [0.25, 0.3) is 0 Å². The molecule has 110 valence electrons. The van der Waals surface area contributed by atoms with Gasteiger partial charge in [0.05, 0.1) is 4.90 Å². The molecule has 5 nitrogen and oxygen atoms in total. The van der Waals surface area contributed by atoms with Crippen molar-refractivity contribution in [1.82, 2.24) is 0 Å². The molecule has 21 heavy (non-hydrogen) atoms. The lowest BCUT2D eigenvalue weighted by Crippen LogP contribution is -2.01. The number of carboxylic acids is 1. The van der Waals surface area contributed by atoms with E-state index in [9.17, 15) is 13.2 Å². The van der Waals surface area contributed by atoms with E-state index < -0.39 is 15.8 Å². The smallest absolute Gasteiger partial charge is 0.339 e. The molecule has 2 rings (SSSR count). The normalized spacial score (nSPS) is 11.1. The summed E-state index contributed by atoms with van der Waals surface area (Å²) < 4.78 is 29.1. The molecule has 0 amide bonds. The van der Waals surface area contributed by atoms with Gasteiger partial charge in [-0.3, -0.25) is 0 Å². The average Bonchev–Trinajstić information content (AvgIpc) is 2.40. The highest BCUT2D eigenvalue weighted by Gasteiger charge is 2.14. The Hall–Kier alpha value is -1.86. The Balaban J connectivity index is 2.41. The highest BCUT2D eigenvalue weighted by atomic mass is 79.9. The number of benzene rings is 2. The van der Waals surface area contributed by atoms with Crippen molar-refractivity contribution in [2.75, 3.05) is 6.26 Å². The van der Waals surface area contributed by atoms with Gasteiger partial charge in [0.1, 0.15) is 17.1 Å². The number of hydrogen-bond acceptors (Lipinski definition) is 4. The molecule has 0 spiro atoms. The van der Waals surface area contributed by atoms with Crippen molar-refractivity contribution in [3.63, 3.8) is 0 Å². The van der Waals surface area contributed by atoms with E-state index in [1.165, 1.54) is 30.3 Å². The number of sulfone groups is 1. The van der Waals surface area contributed by atoms with Crippen LogP contribution < -0.4 is 4.74 Å². The third-order valence-electron chi connectivity index (χ3n) is 2.63. The minimum absolute atomic E-state index is 0.0193. The Morgan fingerprint density at radius 1 is 1.19 bits per heavy atom. The quantitative estimate of drug-likeness (QED) is 0.892. The highest BCUT2D eigenvalue weighted by molar-refractivity contribution is 9.10. The average molecular weight is 371 g/mol. The van der Waals surface area contributed by atoms with Gasteiger partial charge in [0, 0.05) is 10.7 Å². The Morgan fingerprint density at radius 3 is 2.52 bits per heavy atom. The van der Waals surface area contributed by atoms with Crippen LogP contribution in [0, 0.1) is 0 Å².